The summed E-state index contributed by atoms with van der Waals surface area (Å²) in [6.07, 6.45) is -0.849. The van der Waals surface area contributed by atoms with E-state index >= 15 is 0 Å². The van der Waals surface area contributed by atoms with E-state index in [0.29, 0.717) is 11.1 Å². The maximum Gasteiger partial charge on any atom is 0.256 e. The van der Waals surface area contributed by atoms with Crippen molar-refractivity contribution in [2.24, 2.45) is 5.73 Å². The molecule has 1 aromatic rings. The molecule has 1 aliphatic rings. The maximum atomic E-state index is 9.47. The zero-order chi connectivity index (χ0) is 11.5. The Morgan fingerprint density at radius 3 is 3.00 bits per heavy atom. The number of nitrogens with zero attached hydrogens (tertiary/aromatic N) is 2. The standard InChI is InChI=1S/C9H15N3O2S2/c1-5-7(16-3-2-15-5)8-11-9(14-12-8)6(13)4-10/h5-7,13H,2-4,10H2,1H3/t5?,6-,7?/m0/s1. The van der Waals surface area contributed by atoms with Crippen molar-refractivity contribution >= 4 is 23.5 Å². The van der Waals surface area contributed by atoms with Gasteiger partial charge in [-0.15, -0.1) is 11.8 Å². The van der Waals surface area contributed by atoms with Gasteiger partial charge < -0.3 is 15.4 Å². The number of aliphatic hydroxyl groups excluding tert-OH is 1. The van der Waals surface area contributed by atoms with E-state index in [0.717, 1.165) is 5.75 Å². The molecule has 3 N–H and O–H groups in total. The summed E-state index contributed by atoms with van der Waals surface area (Å²) in [7, 11) is 0. The first-order valence-corrected chi connectivity index (χ1v) is 7.27. The molecule has 0 aromatic carbocycles. The predicted molar refractivity (Wildman–Crippen MR) is 65.4 cm³/mol. The molecular weight excluding hydrogens is 246 g/mol. The molecule has 1 saturated heterocycles. The van der Waals surface area contributed by atoms with E-state index in [4.69, 9.17) is 10.3 Å². The maximum absolute atomic E-state index is 9.47. The summed E-state index contributed by atoms with van der Waals surface area (Å²) in [6, 6.07) is 0. The first kappa shape index (κ1) is 12.2. The van der Waals surface area contributed by atoms with Crippen LogP contribution in [0.1, 0.15) is 30.0 Å². The highest BCUT2D eigenvalue weighted by molar-refractivity contribution is 8.06. The Hall–Kier alpha value is -0.240. The van der Waals surface area contributed by atoms with Gasteiger partial charge in [0, 0.05) is 23.3 Å². The van der Waals surface area contributed by atoms with Crippen molar-refractivity contribution < 1.29 is 9.63 Å². The highest BCUT2D eigenvalue weighted by atomic mass is 32.2. The summed E-state index contributed by atoms with van der Waals surface area (Å²) in [5.74, 6) is 3.16. The molecule has 1 fully saturated rings. The van der Waals surface area contributed by atoms with Crippen LogP contribution in [-0.2, 0) is 0 Å². The topological polar surface area (TPSA) is 85.2 Å². The summed E-state index contributed by atoms with van der Waals surface area (Å²) in [4.78, 5) is 4.21. The molecule has 2 heterocycles. The molecule has 0 radical (unpaired) electrons. The second-order valence-corrected chi connectivity index (χ2v) is 6.34. The van der Waals surface area contributed by atoms with E-state index in [-0.39, 0.29) is 17.7 Å². The summed E-state index contributed by atoms with van der Waals surface area (Å²) in [6.45, 7) is 2.26. The lowest BCUT2D eigenvalue weighted by atomic mass is 10.3. The average molecular weight is 261 g/mol. The molecule has 5 nitrogen and oxygen atoms in total. The smallest absolute Gasteiger partial charge is 0.256 e. The Morgan fingerprint density at radius 1 is 1.56 bits per heavy atom. The number of rotatable bonds is 3. The van der Waals surface area contributed by atoms with Crippen molar-refractivity contribution in [1.29, 1.82) is 0 Å². The number of hydrogen-bond acceptors (Lipinski definition) is 7. The number of thioether (sulfide) groups is 2. The molecular formula is C9H15N3O2S2. The number of aliphatic hydroxyl groups is 1. The van der Waals surface area contributed by atoms with Gasteiger partial charge in [-0.05, 0) is 0 Å². The van der Waals surface area contributed by atoms with Gasteiger partial charge in [-0.3, -0.25) is 0 Å². The third-order valence-corrected chi connectivity index (χ3v) is 5.49. The van der Waals surface area contributed by atoms with Crippen LogP contribution in [0.3, 0.4) is 0 Å². The molecule has 0 aliphatic carbocycles. The van der Waals surface area contributed by atoms with Crippen molar-refractivity contribution in [3.05, 3.63) is 11.7 Å². The van der Waals surface area contributed by atoms with Crippen LogP contribution in [0, 0.1) is 0 Å². The van der Waals surface area contributed by atoms with Gasteiger partial charge in [-0.2, -0.15) is 16.7 Å². The van der Waals surface area contributed by atoms with E-state index in [1.165, 1.54) is 5.75 Å². The third-order valence-electron chi connectivity index (χ3n) is 2.41. The van der Waals surface area contributed by atoms with Crippen molar-refractivity contribution in [2.75, 3.05) is 18.1 Å². The molecule has 0 bridgehead atoms. The molecule has 2 rings (SSSR count). The molecule has 1 aromatic heterocycles. The van der Waals surface area contributed by atoms with Crippen molar-refractivity contribution in [2.45, 2.75) is 23.5 Å². The Labute approximate surface area is 103 Å². The van der Waals surface area contributed by atoms with Crippen LogP contribution in [0.2, 0.25) is 0 Å². The molecule has 16 heavy (non-hydrogen) atoms. The van der Waals surface area contributed by atoms with Gasteiger partial charge in [0.15, 0.2) is 5.82 Å². The van der Waals surface area contributed by atoms with E-state index in [1.54, 1.807) is 0 Å². The predicted octanol–water partition coefficient (Wildman–Crippen LogP) is 0.971. The Bertz CT molecular complexity index is 347. The first-order valence-electron chi connectivity index (χ1n) is 5.17. The van der Waals surface area contributed by atoms with Crippen molar-refractivity contribution in [1.82, 2.24) is 10.1 Å². The number of hydrogen-bond donors (Lipinski definition) is 2. The van der Waals surface area contributed by atoms with Crippen LogP contribution in [0.5, 0.6) is 0 Å². The normalized spacial score (nSPS) is 27.9. The monoisotopic (exact) mass is 261 g/mol. The fraction of sp³-hybridized carbons (Fsp3) is 0.778. The number of nitrogens with two attached hydrogens (primary N) is 1. The average Bonchev–Trinajstić information content (AvgIpc) is 2.78. The van der Waals surface area contributed by atoms with Gasteiger partial charge in [-0.1, -0.05) is 12.1 Å². The largest absolute Gasteiger partial charge is 0.382 e. The minimum absolute atomic E-state index is 0.101. The van der Waals surface area contributed by atoms with Crippen molar-refractivity contribution in [3.63, 3.8) is 0 Å². The fourth-order valence-corrected chi connectivity index (χ4v) is 4.19. The Balaban J connectivity index is 2.11. The quantitative estimate of drug-likeness (QED) is 0.838. The Morgan fingerprint density at radius 2 is 2.31 bits per heavy atom. The first-order chi connectivity index (χ1) is 7.72. The summed E-state index contributed by atoms with van der Waals surface area (Å²) < 4.78 is 5.01. The lowest BCUT2D eigenvalue weighted by Crippen LogP contribution is -2.17. The summed E-state index contributed by atoms with van der Waals surface area (Å²) >= 11 is 3.75. The molecule has 0 spiro atoms. The molecule has 7 heteroatoms. The van der Waals surface area contributed by atoms with Gasteiger partial charge in [-0.25, -0.2) is 0 Å². The minimum Gasteiger partial charge on any atom is -0.382 e. The lowest BCUT2D eigenvalue weighted by molar-refractivity contribution is 0.141. The highest BCUT2D eigenvalue weighted by Gasteiger charge is 2.29. The van der Waals surface area contributed by atoms with E-state index < -0.39 is 6.10 Å². The van der Waals surface area contributed by atoms with E-state index in [9.17, 15) is 5.11 Å². The van der Waals surface area contributed by atoms with Crippen molar-refractivity contribution in [3.8, 4) is 0 Å². The zero-order valence-corrected chi connectivity index (χ0v) is 10.6. The van der Waals surface area contributed by atoms with Gasteiger partial charge in [0.25, 0.3) is 5.89 Å². The lowest BCUT2D eigenvalue weighted by Gasteiger charge is -2.24. The molecule has 90 valence electrons. The van der Waals surface area contributed by atoms with Crippen LogP contribution in [0.15, 0.2) is 4.52 Å². The van der Waals surface area contributed by atoms with Gasteiger partial charge in [0.2, 0.25) is 0 Å². The Kier molecular flexibility index (Phi) is 4.12. The van der Waals surface area contributed by atoms with E-state index in [1.807, 2.05) is 23.5 Å². The summed E-state index contributed by atoms with van der Waals surface area (Å²) in [5.41, 5.74) is 5.33. The molecule has 2 unspecified atom stereocenters. The second kappa shape index (κ2) is 5.39. The fourth-order valence-electron chi connectivity index (χ4n) is 1.52. The third kappa shape index (κ3) is 2.53. The van der Waals surface area contributed by atoms with Gasteiger partial charge >= 0.3 is 0 Å². The SMILES string of the molecule is CC1SCCSC1c1noc([C@@H](O)CN)n1. The van der Waals surface area contributed by atoms with Gasteiger partial charge in [0.05, 0.1) is 5.25 Å². The molecule has 1 aliphatic heterocycles. The van der Waals surface area contributed by atoms with Crippen LogP contribution in [-0.4, -0.2) is 38.5 Å². The number of aromatic nitrogens is 2. The van der Waals surface area contributed by atoms with Gasteiger partial charge in [0.1, 0.15) is 6.10 Å². The van der Waals surface area contributed by atoms with Crippen LogP contribution in [0.4, 0.5) is 0 Å². The molecule has 0 saturated carbocycles. The second-order valence-electron chi connectivity index (χ2n) is 3.61. The van der Waals surface area contributed by atoms with Crippen LogP contribution < -0.4 is 5.73 Å². The zero-order valence-electron chi connectivity index (χ0n) is 9.00. The highest BCUT2D eigenvalue weighted by Crippen LogP contribution is 2.41. The van der Waals surface area contributed by atoms with Crippen LogP contribution in [0.25, 0.3) is 0 Å². The molecule has 3 atom stereocenters. The minimum atomic E-state index is -0.849. The van der Waals surface area contributed by atoms with Crippen LogP contribution >= 0.6 is 23.5 Å². The van der Waals surface area contributed by atoms with E-state index in [2.05, 4.69) is 17.1 Å². The summed E-state index contributed by atoms with van der Waals surface area (Å²) in [5, 5.41) is 14.1. The molecule has 0 amide bonds.